The predicted octanol–water partition coefficient (Wildman–Crippen LogP) is 2.70. The van der Waals surface area contributed by atoms with Crippen molar-refractivity contribution in [3.8, 4) is 0 Å². The second-order valence-electron chi connectivity index (χ2n) is 4.32. The third-order valence-corrected chi connectivity index (χ3v) is 2.94. The van der Waals surface area contributed by atoms with E-state index in [0.717, 1.165) is 18.7 Å². The fourth-order valence-electron chi connectivity index (χ4n) is 1.91. The lowest BCUT2D eigenvalue weighted by Gasteiger charge is -2.08. The summed E-state index contributed by atoms with van der Waals surface area (Å²) in [6.45, 7) is 0.848. The van der Waals surface area contributed by atoms with E-state index in [9.17, 15) is 4.79 Å². The molecular weight excluding hydrogens is 236 g/mol. The van der Waals surface area contributed by atoms with Gasteiger partial charge in [0.2, 0.25) is 0 Å². The van der Waals surface area contributed by atoms with Crippen LogP contribution in [-0.4, -0.2) is 19.5 Å². The summed E-state index contributed by atoms with van der Waals surface area (Å²) in [4.78, 5) is 11.5. The molecule has 0 bridgehead atoms. The van der Waals surface area contributed by atoms with E-state index in [1.165, 1.54) is 5.56 Å². The summed E-state index contributed by atoms with van der Waals surface area (Å²) >= 11 is 0. The molecule has 3 heteroatoms. The Morgan fingerprint density at radius 2 is 1.84 bits per heavy atom. The summed E-state index contributed by atoms with van der Waals surface area (Å²) in [6.07, 6.45) is 0.963. The lowest BCUT2D eigenvalue weighted by Crippen LogP contribution is -2.17. The van der Waals surface area contributed by atoms with Crippen LogP contribution in [0.1, 0.15) is 15.9 Å². The molecule has 98 valence electrons. The third-order valence-electron chi connectivity index (χ3n) is 2.94. The zero-order valence-corrected chi connectivity index (χ0v) is 11.0. The minimum atomic E-state index is -0.0632. The zero-order valence-electron chi connectivity index (χ0n) is 11.0. The maximum absolute atomic E-state index is 11.5. The summed E-state index contributed by atoms with van der Waals surface area (Å²) in [5.41, 5.74) is 2.95. The number of amides is 1. The van der Waals surface area contributed by atoms with Crippen LogP contribution in [0.3, 0.4) is 0 Å². The normalized spacial score (nSPS) is 9.95. The SMILES string of the molecule is CNC(=O)c1cccc(NCCc2ccccc2)c1. The van der Waals surface area contributed by atoms with Gasteiger partial charge in [-0.2, -0.15) is 0 Å². The molecular formula is C16H18N2O. The molecule has 0 fully saturated rings. The van der Waals surface area contributed by atoms with Crippen molar-refractivity contribution in [1.29, 1.82) is 0 Å². The van der Waals surface area contributed by atoms with E-state index in [-0.39, 0.29) is 5.91 Å². The average molecular weight is 254 g/mol. The van der Waals surface area contributed by atoms with Crippen molar-refractivity contribution in [2.24, 2.45) is 0 Å². The molecule has 0 aliphatic heterocycles. The molecule has 0 aliphatic carbocycles. The lowest BCUT2D eigenvalue weighted by molar-refractivity contribution is 0.0963. The van der Waals surface area contributed by atoms with Crippen molar-refractivity contribution >= 4 is 11.6 Å². The van der Waals surface area contributed by atoms with Crippen molar-refractivity contribution in [2.75, 3.05) is 18.9 Å². The number of benzene rings is 2. The molecule has 0 aliphatic rings. The van der Waals surface area contributed by atoms with E-state index in [1.807, 2.05) is 36.4 Å². The zero-order chi connectivity index (χ0) is 13.5. The first kappa shape index (κ1) is 13.1. The van der Waals surface area contributed by atoms with Crippen molar-refractivity contribution in [3.05, 3.63) is 65.7 Å². The van der Waals surface area contributed by atoms with Crippen LogP contribution >= 0.6 is 0 Å². The summed E-state index contributed by atoms with van der Waals surface area (Å²) < 4.78 is 0. The maximum Gasteiger partial charge on any atom is 0.251 e. The second kappa shape index (κ2) is 6.59. The lowest BCUT2D eigenvalue weighted by atomic mass is 10.1. The van der Waals surface area contributed by atoms with Gasteiger partial charge in [0.15, 0.2) is 0 Å². The van der Waals surface area contributed by atoms with E-state index in [0.29, 0.717) is 5.56 Å². The highest BCUT2D eigenvalue weighted by Crippen LogP contribution is 2.11. The van der Waals surface area contributed by atoms with Crippen LogP contribution < -0.4 is 10.6 Å². The Labute approximate surface area is 113 Å². The van der Waals surface area contributed by atoms with E-state index in [4.69, 9.17) is 0 Å². The molecule has 2 aromatic carbocycles. The summed E-state index contributed by atoms with van der Waals surface area (Å²) in [5, 5.41) is 5.96. The van der Waals surface area contributed by atoms with Crippen LogP contribution in [0.4, 0.5) is 5.69 Å². The standard InChI is InChI=1S/C16H18N2O/c1-17-16(19)14-8-5-9-15(12-14)18-11-10-13-6-3-2-4-7-13/h2-9,12,18H,10-11H2,1H3,(H,17,19). The highest BCUT2D eigenvalue weighted by atomic mass is 16.1. The summed E-state index contributed by atoms with van der Waals surface area (Å²) in [5.74, 6) is -0.0632. The second-order valence-corrected chi connectivity index (χ2v) is 4.32. The van der Waals surface area contributed by atoms with Gasteiger partial charge < -0.3 is 10.6 Å². The predicted molar refractivity (Wildman–Crippen MR) is 78.5 cm³/mol. The number of rotatable bonds is 5. The van der Waals surface area contributed by atoms with Crippen molar-refractivity contribution in [2.45, 2.75) is 6.42 Å². The molecule has 0 saturated carbocycles. The molecule has 2 aromatic rings. The molecule has 0 heterocycles. The molecule has 0 spiro atoms. The smallest absolute Gasteiger partial charge is 0.251 e. The van der Waals surface area contributed by atoms with Gasteiger partial charge in [-0.25, -0.2) is 0 Å². The molecule has 3 nitrogen and oxygen atoms in total. The van der Waals surface area contributed by atoms with Gasteiger partial charge in [0.05, 0.1) is 0 Å². The van der Waals surface area contributed by atoms with Crippen LogP contribution in [0.25, 0.3) is 0 Å². The van der Waals surface area contributed by atoms with Gasteiger partial charge in [-0.15, -0.1) is 0 Å². The van der Waals surface area contributed by atoms with Crippen molar-refractivity contribution < 1.29 is 4.79 Å². The van der Waals surface area contributed by atoms with Gasteiger partial charge in [-0.05, 0) is 30.2 Å². The van der Waals surface area contributed by atoms with Crippen LogP contribution in [0.15, 0.2) is 54.6 Å². The molecule has 1 amide bonds. The first-order valence-electron chi connectivity index (χ1n) is 6.39. The molecule has 0 radical (unpaired) electrons. The van der Waals surface area contributed by atoms with Gasteiger partial charge >= 0.3 is 0 Å². The fraction of sp³-hybridized carbons (Fsp3) is 0.188. The topological polar surface area (TPSA) is 41.1 Å². The average Bonchev–Trinajstić information content (AvgIpc) is 2.48. The van der Waals surface area contributed by atoms with Crippen LogP contribution in [0.5, 0.6) is 0 Å². The Hall–Kier alpha value is -2.29. The Morgan fingerprint density at radius 3 is 2.58 bits per heavy atom. The van der Waals surface area contributed by atoms with Crippen LogP contribution in [-0.2, 0) is 6.42 Å². The molecule has 0 saturated heterocycles. The largest absolute Gasteiger partial charge is 0.385 e. The molecule has 2 rings (SSSR count). The van der Waals surface area contributed by atoms with Gasteiger partial charge in [-0.3, -0.25) is 4.79 Å². The summed E-state index contributed by atoms with van der Waals surface area (Å²) in [6, 6.07) is 17.9. The Bertz CT molecular complexity index is 537. The highest BCUT2D eigenvalue weighted by Gasteiger charge is 2.02. The molecule has 0 unspecified atom stereocenters. The number of hydrogen-bond acceptors (Lipinski definition) is 2. The number of hydrogen-bond donors (Lipinski definition) is 2. The number of nitrogens with one attached hydrogen (secondary N) is 2. The minimum Gasteiger partial charge on any atom is -0.385 e. The maximum atomic E-state index is 11.5. The summed E-state index contributed by atoms with van der Waals surface area (Å²) in [7, 11) is 1.64. The molecule has 19 heavy (non-hydrogen) atoms. The van der Waals surface area contributed by atoms with E-state index in [2.05, 4.69) is 22.8 Å². The number of carbonyl (C=O) groups is 1. The quantitative estimate of drug-likeness (QED) is 0.861. The van der Waals surface area contributed by atoms with Gasteiger partial charge in [0.1, 0.15) is 0 Å². The van der Waals surface area contributed by atoms with Crippen LogP contribution in [0.2, 0.25) is 0 Å². The number of anilines is 1. The monoisotopic (exact) mass is 254 g/mol. The van der Waals surface area contributed by atoms with Crippen LogP contribution in [0, 0.1) is 0 Å². The molecule has 0 atom stereocenters. The Kier molecular flexibility index (Phi) is 4.56. The van der Waals surface area contributed by atoms with Gasteiger partial charge in [0.25, 0.3) is 5.91 Å². The van der Waals surface area contributed by atoms with Gasteiger partial charge in [0, 0.05) is 24.8 Å². The molecule has 0 aromatic heterocycles. The Morgan fingerprint density at radius 1 is 1.05 bits per heavy atom. The molecule has 2 N–H and O–H groups in total. The third kappa shape index (κ3) is 3.85. The first-order chi connectivity index (χ1) is 9.29. The van der Waals surface area contributed by atoms with Gasteiger partial charge in [-0.1, -0.05) is 36.4 Å². The fourth-order valence-corrected chi connectivity index (χ4v) is 1.91. The first-order valence-corrected chi connectivity index (χ1v) is 6.39. The van der Waals surface area contributed by atoms with Crippen molar-refractivity contribution in [3.63, 3.8) is 0 Å². The highest BCUT2D eigenvalue weighted by molar-refractivity contribution is 5.94. The van der Waals surface area contributed by atoms with E-state index >= 15 is 0 Å². The Balaban J connectivity index is 1.91. The number of carbonyl (C=O) groups excluding carboxylic acids is 1. The van der Waals surface area contributed by atoms with E-state index in [1.54, 1.807) is 13.1 Å². The van der Waals surface area contributed by atoms with Crippen molar-refractivity contribution in [1.82, 2.24) is 5.32 Å². The minimum absolute atomic E-state index is 0.0632. The van der Waals surface area contributed by atoms with E-state index < -0.39 is 0 Å².